The molecule has 0 aliphatic carbocycles. The average Bonchev–Trinajstić information content (AvgIpc) is 2.63. The summed E-state index contributed by atoms with van der Waals surface area (Å²) in [5, 5.41) is 0. The van der Waals surface area contributed by atoms with Gasteiger partial charge in [0.25, 0.3) is 0 Å². The summed E-state index contributed by atoms with van der Waals surface area (Å²) in [6.07, 6.45) is 0. The number of para-hydroxylation sites is 1. The van der Waals surface area contributed by atoms with Gasteiger partial charge in [-0.25, -0.2) is 0 Å². The summed E-state index contributed by atoms with van der Waals surface area (Å²) in [7, 11) is 0. The largest absolute Gasteiger partial charge is 0.475 e. The number of hydrogen-bond acceptors (Lipinski definition) is 2. The van der Waals surface area contributed by atoms with Crippen LogP contribution in [-0.4, -0.2) is 5.78 Å². The number of ether oxygens (including phenoxy) is 1. The van der Waals surface area contributed by atoms with Crippen molar-refractivity contribution in [1.82, 2.24) is 0 Å². The second-order valence-electron chi connectivity index (χ2n) is 5.51. The van der Waals surface area contributed by atoms with E-state index in [0.29, 0.717) is 11.3 Å². The predicted octanol–water partition coefficient (Wildman–Crippen LogP) is 4.86. The van der Waals surface area contributed by atoms with E-state index in [0.717, 1.165) is 5.56 Å². The molecule has 2 heteroatoms. The van der Waals surface area contributed by atoms with Crippen molar-refractivity contribution in [2.24, 2.45) is 0 Å². The van der Waals surface area contributed by atoms with Gasteiger partial charge in [0.05, 0.1) is 0 Å². The van der Waals surface area contributed by atoms with Crippen LogP contribution in [0.5, 0.6) is 5.75 Å². The van der Waals surface area contributed by atoms with Gasteiger partial charge >= 0.3 is 0 Å². The van der Waals surface area contributed by atoms with Crippen LogP contribution in [0.3, 0.4) is 0 Å². The Morgan fingerprint density at radius 1 is 0.739 bits per heavy atom. The predicted molar refractivity (Wildman–Crippen MR) is 91.6 cm³/mol. The van der Waals surface area contributed by atoms with E-state index in [1.54, 1.807) is 0 Å². The highest BCUT2D eigenvalue weighted by atomic mass is 16.5. The van der Waals surface area contributed by atoms with Crippen molar-refractivity contribution >= 4 is 5.78 Å². The monoisotopic (exact) mass is 302 g/mol. The lowest BCUT2D eigenvalue weighted by Crippen LogP contribution is -2.38. The Morgan fingerprint density at radius 2 is 1.22 bits per heavy atom. The molecular weight excluding hydrogens is 284 g/mol. The van der Waals surface area contributed by atoms with Gasteiger partial charge in [0, 0.05) is 11.1 Å². The first-order chi connectivity index (χ1) is 11.2. The minimum absolute atomic E-state index is 0.0619. The lowest BCUT2D eigenvalue weighted by atomic mass is 9.87. The van der Waals surface area contributed by atoms with Crippen LogP contribution in [0.25, 0.3) is 0 Å². The van der Waals surface area contributed by atoms with Crippen molar-refractivity contribution in [2.75, 3.05) is 0 Å². The van der Waals surface area contributed by atoms with Crippen LogP contribution in [-0.2, 0) is 5.60 Å². The molecule has 0 heterocycles. The van der Waals surface area contributed by atoms with Gasteiger partial charge in [-0.15, -0.1) is 0 Å². The average molecular weight is 302 g/mol. The van der Waals surface area contributed by atoms with Crippen LogP contribution in [0, 0.1) is 0 Å². The molecule has 3 aromatic carbocycles. The van der Waals surface area contributed by atoms with E-state index in [4.69, 9.17) is 4.74 Å². The summed E-state index contributed by atoms with van der Waals surface area (Å²) in [4.78, 5) is 13.1. The Kier molecular flexibility index (Phi) is 4.24. The molecule has 0 fully saturated rings. The molecule has 1 atom stereocenters. The molecule has 0 aromatic heterocycles. The Balaban J connectivity index is 2.05. The molecule has 0 aliphatic rings. The number of hydrogen-bond donors (Lipinski definition) is 0. The van der Waals surface area contributed by atoms with Gasteiger partial charge in [-0.05, 0) is 19.1 Å². The molecule has 3 aromatic rings. The molecule has 0 radical (unpaired) electrons. The third kappa shape index (κ3) is 3.16. The van der Waals surface area contributed by atoms with E-state index >= 15 is 0 Å². The Hall–Kier alpha value is -2.87. The molecule has 114 valence electrons. The molecule has 0 saturated heterocycles. The van der Waals surface area contributed by atoms with Crippen molar-refractivity contribution in [2.45, 2.75) is 12.5 Å². The summed E-state index contributed by atoms with van der Waals surface area (Å²) in [6.45, 7) is 1.82. The zero-order valence-electron chi connectivity index (χ0n) is 13.0. The van der Waals surface area contributed by atoms with E-state index in [-0.39, 0.29) is 5.78 Å². The van der Waals surface area contributed by atoms with Gasteiger partial charge in [0.15, 0.2) is 5.60 Å². The fraction of sp³-hybridized carbons (Fsp3) is 0.0952. The Labute approximate surface area is 136 Å². The van der Waals surface area contributed by atoms with Crippen LogP contribution in [0.1, 0.15) is 22.8 Å². The molecular formula is C21H18O2. The number of rotatable bonds is 5. The van der Waals surface area contributed by atoms with Gasteiger partial charge in [-0.1, -0.05) is 78.9 Å². The molecule has 1 unspecified atom stereocenters. The first-order valence-electron chi connectivity index (χ1n) is 7.59. The van der Waals surface area contributed by atoms with Crippen LogP contribution >= 0.6 is 0 Å². The van der Waals surface area contributed by atoms with E-state index in [1.807, 2.05) is 97.9 Å². The molecule has 2 nitrogen and oxygen atoms in total. The first kappa shape index (κ1) is 15.0. The fourth-order valence-corrected chi connectivity index (χ4v) is 2.58. The third-order valence-electron chi connectivity index (χ3n) is 3.86. The maximum absolute atomic E-state index is 13.1. The smallest absolute Gasteiger partial charge is 0.210 e. The standard InChI is InChI=1S/C21H18O2/c1-21(18-13-7-3-8-14-18,23-19-15-9-4-10-16-19)20(22)17-11-5-2-6-12-17/h2-16H,1H3. The second-order valence-corrected chi connectivity index (χ2v) is 5.51. The van der Waals surface area contributed by atoms with Gasteiger partial charge in [0.1, 0.15) is 5.75 Å². The number of Topliss-reactive ketones (excluding diaryl/α,β-unsaturated/α-hetero) is 1. The minimum Gasteiger partial charge on any atom is -0.475 e. The van der Waals surface area contributed by atoms with Crippen LogP contribution < -0.4 is 4.74 Å². The minimum atomic E-state index is -1.08. The highest BCUT2D eigenvalue weighted by Crippen LogP contribution is 2.31. The van der Waals surface area contributed by atoms with E-state index in [2.05, 4.69) is 0 Å². The zero-order valence-corrected chi connectivity index (χ0v) is 13.0. The molecule has 23 heavy (non-hydrogen) atoms. The van der Waals surface area contributed by atoms with Gasteiger partial charge in [-0.2, -0.15) is 0 Å². The van der Waals surface area contributed by atoms with Gasteiger partial charge < -0.3 is 4.74 Å². The third-order valence-corrected chi connectivity index (χ3v) is 3.86. The number of ketones is 1. The summed E-state index contributed by atoms with van der Waals surface area (Å²) in [5.74, 6) is 0.608. The molecule has 0 N–H and O–H groups in total. The number of benzene rings is 3. The van der Waals surface area contributed by atoms with Crippen LogP contribution in [0.15, 0.2) is 91.0 Å². The van der Waals surface area contributed by atoms with Crippen molar-refractivity contribution in [3.63, 3.8) is 0 Å². The van der Waals surface area contributed by atoms with Gasteiger partial charge in [-0.3, -0.25) is 4.79 Å². The zero-order chi connectivity index (χ0) is 16.1. The Bertz CT molecular complexity index is 767. The lowest BCUT2D eigenvalue weighted by molar-refractivity contribution is 0.0509. The number of carbonyl (C=O) groups is 1. The SMILES string of the molecule is CC(Oc1ccccc1)(C(=O)c1ccccc1)c1ccccc1. The van der Waals surface area contributed by atoms with Crippen LogP contribution in [0.2, 0.25) is 0 Å². The molecule has 0 spiro atoms. The quantitative estimate of drug-likeness (QED) is 0.629. The highest BCUT2D eigenvalue weighted by Gasteiger charge is 2.38. The highest BCUT2D eigenvalue weighted by molar-refractivity contribution is 6.03. The fourth-order valence-electron chi connectivity index (χ4n) is 2.58. The summed E-state index contributed by atoms with van der Waals surface area (Å²) < 4.78 is 6.15. The van der Waals surface area contributed by atoms with E-state index in [9.17, 15) is 4.79 Å². The van der Waals surface area contributed by atoms with E-state index < -0.39 is 5.60 Å². The van der Waals surface area contributed by atoms with E-state index in [1.165, 1.54) is 0 Å². The Morgan fingerprint density at radius 3 is 1.78 bits per heavy atom. The van der Waals surface area contributed by atoms with Gasteiger partial charge in [0.2, 0.25) is 5.78 Å². The maximum Gasteiger partial charge on any atom is 0.210 e. The summed E-state index contributed by atoms with van der Waals surface area (Å²) >= 11 is 0. The molecule has 0 bridgehead atoms. The second kappa shape index (κ2) is 6.49. The molecule has 3 rings (SSSR count). The molecule has 0 amide bonds. The summed E-state index contributed by atoms with van der Waals surface area (Å²) in [5.41, 5.74) is 0.386. The lowest BCUT2D eigenvalue weighted by Gasteiger charge is -2.30. The normalized spacial score (nSPS) is 13.1. The molecule has 0 aliphatic heterocycles. The topological polar surface area (TPSA) is 26.3 Å². The van der Waals surface area contributed by atoms with Crippen LogP contribution in [0.4, 0.5) is 0 Å². The van der Waals surface area contributed by atoms with Crippen molar-refractivity contribution in [1.29, 1.82) is 0 Å². The first-order valence-corrected chi connectivity index (χ1v) is 7.59. The number of carbonyl (C=O) groups excluding carboxylic acids is 1. The summed E-state index contributed by atoms with van der Waals surface area (Å²) in [6, 6.07) is 28.3. The van der Waals surface area contributed by atoms with Crippen molar-refractivity contribution in [3.05, 3.63) is 102 Å². The van der Waals surface area contributed by atoms with Crippen molar-refractivity contribution < 1.29 is 9.53 Å². The van der Waals surface area contributed by atoms with Crippen molar-refractivity contribution in [3.8, 4) is 5.75 Å². The molecule has 0 saturated carbocycles. The maximum atomic E-state index is 13.1.